The summed E-state index contributed by atoms with van der Waals surface area (Å²) in [5.41, 5.74) is 2.87. The van der Waals surface area contributed by atoms with Crippen LogP contribution in [0.2, 0.25) is 0 Å². The molecular formula is C24H27BrN2O6. The van der Waals surface area contributed by atoms with Crippen LogP contribution in [-0.4, -0.2) is 48.8 Å². The van der Waals surface area contributed by atoms with Gasteiger partial charge >= 0.3 is 5.97 Å². The summed E-state index contributed by atoms with van der Waals surface area (Å²) < 4.78 is 24.9. The van der Waals surface area contributed by atoms with Crippen molar-refractivity contribution in [1.29, 1.82) is 0 Å². The number of hydrogen-bond acceptors (Lipinski definition) is 6. The number of carboxylic acids is 1. The van der Waals surface area contributed by atoms with Gasteiger partial charge in [-0.05, 0) is 36.2 Å². The maximum Gasteiger partial charge on any atom is 0.341 e. The second kappa shape index (κ2) is 10.6. The van der Waals surface area contributed by atoms with Gasteiger partial charge in [-0.3, -0.25) is 4.68 Å². The van der Waals surface area contributed by atoms with Crippen LogP contribution in [0.5, 0.6) is 23.0 Å². The molecule has 3 aromatic rings. The van der Waals surface area contributed by atoms with Crippen molar-refractivity contribution in [3.05, 3.63) is 40.9 Å². The van der Waals surface area contributed by atoms with E-state index in [9.17, 15) is 4.79 Å². The molecule has 2 aromatic carbocycles. The van der Waals surface area contributed by atoms with Gasteiger partial charge in [0, 0.05) is 22.1 Å². The highest BCUT2D eigenvalue weighted by Gasteiger charge is 2.22. The van der Waals surface area contributed by atoms with E-state index in [1.54, 1.807) is 20.3 Å². The van der Waals surface area contributed by atoms with Crippen LogP contribution in [0, 0.1) is 5.92 Å². The van der Waals surface area contributed by atoms with Crippen LogP contribution in [0.1, 0.15) is 13.8 Å². The molecule has 1 aromatic heterocycles. The van der Waals surface area contributed by atoms with Crippen LogP contribution in [0.25, 0.3) is 22.5 Å². The van der Waals surface area contributed by atoms with E-state index >= 15 is 0 Å². The van der Waals surface area contributed by atoms with Crippen LogP contribution >= 0.6 is 15.9 Å². The standard InChI is InChI=1S/C24H27BrN2O6/c1-14(2)12-27-19(16-7-6-8-20(30-3)23(16)32-5)11-18(26-27)17-9-15(25)10-21(31-4)24(17)33-13-22(28)29/h6-11,14H,12-13H2,1-5H3,(H,28,29). The summed E-state index contributed by atoms with van der Waals surface area (Å²) in [5.74, 6) is 1.17. The number of carbonyl (C=O) groups is 1. The quantitative estimate of drug-likeness (QED) is 0.397. The Labute approximate surface area is 201 Å². The van der Waals surface area contributed by atoms with Crippen molar-refractivity contribution in [1.82, 2.24) is 9.78 Å². The average Bonchev–Trinajstić information content (AvgIpc) is 3.19. The average molecular weight is 519 g/mol. The van der Waals surface area contributed by atoms with Gasteiger partial charge in [0.05, 0.1) is 32.7 Å². The van der Waals surface area contributed by atoms with Gasteiger partial charge < -0.3 is 24.1 Å². The van der Waals surface area contributed by atoms with Crippen LogP contribution < -0.4 is 18.9 Å². The summed E-state index contributed by atoms with van der Waals surface area (Å²) in [6.45, 7) is 4.37. The number of nitrogens with zero attached hydrogens (tertiary/aromatic N) is 2. The number of benzene rings is 2. The number of ether oxygens (including phenoxy) is 4. The van der Waals surface area contributed by atoms with Gasteiger partial charge in [0.15, 0.2) is 29.6 Å². The fourth-order valence-electron chi connectivity index (χ4n) is 3.53. The molecule has 0 amide bonds. The lowest BCUT2D eigenvalue weighted by molar-refractivity contribution is -0.139. The van der Waals surface area contributed by atoms with Crippen molar-refractivity contribution in [3.8, 4) is 45.5 Å². The summed E-state index contributed by atoms with van der Waals surface area (Å²) in [7, 11) is 4.70. The predicted octanol–water partition coefficient (Wildman–Crippen LogP) is 5.12. The SMILES string of the molecule is COc1cc(Br)cc(-c2cc(-c3cccc(OC)c3OC)n(CC(C)C)n2)c1OCC(=O)O. The molecule has 0 saturated heterocycles. The largest absolute Gasteiger partial charge is 0.493 e. The summed E-state index contributed by atoms with van der Waals surface area (Å²) >= 11 is 3.49. The van der Waals surface area contributed by atoms with E-state index in [4.69, 9.17) is 29.2 Å². The van der Waals surface area contributed by atoms with Crippen molar-refractivity contribution in [2.45, 2.75) is 20.4 Å². The number of halogens is 1. The third-order valence-corrected chi connectivity index (χ3v) is 5.31. The Hall–Kier alpha value is -3.20. The van der Waals surface area contributed by atoms with Crippen molar-refractivity contribution in [2.24, 2.45) is 5.92 Å². The fraction of sp³-hybridized carbons (Fsp3) is 0.333. The predicted molar refractivity (Wildman–Crippen MR) is 128 cm³/mol. The number of para-hydroxylation sites is 1. The van der Waals surface area contributed by atoms with Crippen LogP contribution in [0.15, 0.2) is 40.9 Å². The molecule has 0 radical (unpaired) electrons. The lowest BCUT2D eigenvalue weighted by atomic mass is 10.1. The molecular weight excluding hydrogens is 492 g/mol. The molecule has 0 fully saturated rings. The molecule has 0 saturated carbocycles. The second-order valence-electron chi connectivity index (χ2n) is 7.70. The second-order valence-corrected chi connectivity index (χ2v) is 8.61. The van der Waals surface area contributed by atoms with E-state index < -0.39 is 12.6 Å². The van der Waals surface area contributed by atoms with E-state index in [-0.39, 0.29) is 0 Å². The zero-order valence-corrected chi connectivity index (χ0v) is 20.8. The normalized spacial score (nSPS) is 10.9. The Balaban J connectivity index is 2.24. The number of rotatable bonds is 10. The molecule has 0 bridgehead atoms. The topological polar surface area (TPSA) is 92.0 Å². The van der Waals surface area contributed by atoms with E-state index in [2.05, 4.69) is 29.8 Å². The minimum absolute atomic E-state index is 0.307. The highest BCUT2D eigenvalue weighted by molar-refractivity contribution is 9.10. The number of methoxy groups -OCH3 is 3. The number of aliphatic carboxylic acids is 1. The highest BCUT2D eigenvalue weighted by Crippen LogP contribution is 2.43. The number of carboxylic acid groups (broad SMARTS) is 1. The third kappa shape index (κ3) is 5.42. The molecule has 33 heavy (non-hydrogen) atoms. The molecule has 1 N–H and O–H groups in total. The van der Waals surface area contributed by atoms with Gasteiger partial charge in [-0.1, -0.05) is 35.8 Å². The van der Waals surface area contributed by atoms with Crippen molar-refractivity contribution >= 4 is 21.9 Å². The molecule has 0 atom stereocenters. The zero-order chi connectivity index (χ0) is 24.1. The molecule has 0 aliphatic rings. The number of hydrogen-bond donors (Lipinski definition) is 1. The monoisotopic (exact) mass is 518 g/mol. The van der Waals surface area contributed by atoms with Crippen molar-refractivity contribution < 1.29 is 28.8 Å². The van der Waals surface area contributed by atoms with Crippen LogP contribution in [-0.2, 0) is 11.3 Å². The first kappa shape index (κ1) is 24.4. The molecule has 0 unspecified atom stereocenters. The van der Waals surface area contributed by atoms with E-state index in [0.717, 1.165) is 15.7 Å². The number of aromatic nitrogens is 2. The third-order valence-electron chi connectivity index (χ3n) is 4.85. The Morgan fingerprint density at radius 3 is 2.36 bits per heavy atom. The summed E-state index contributed by atoms with van der Waals surface area (Å²) in [5, 5.41) is 14.0. The first-order valence-corrected chi connectivity index (χ1v) is 11.1. The lowest BCUT2D eigenvalue weighted by Crippen LogP contribution is -2.11. The molecule has 176 valence electrons. The van der Waals surface area contributed by atoms with Crippen molar-refractivity contribution in [2.75, 3.05) is 27.9 Å². The van der Waals surface area contributed by atoms with Crippen LogP contribution in [0.4, 0.5) is 0 Å². The van der Waals surface area contributed by atoms with Crippen LogP contribution in [0.3, 0.4) is 0 Å². The summed E-state index contributed by atoms with van der Waals surface area (Å²) in [6, 6.07) is 11.2. The van der Waals surface area contributed by atoms with Gasteiger partial charge in [-0.2, -0.15) is 5.10 Å². The Bertz CT molecular complexity index is 1140. The Morgan fingerprint density at radius 2 is 1.76 bits per heavy atom. The van der Waals surface area contributed by atoms with Gasteiger partial charge in [-0.25, -0.2) is 4.79 Å². The van der Waals surface area contributed by atoms with Crippen molar-refractivity contribution in [3.63, 3.8) is 0 Å². The molecule has 0 spiro atoms. The summed E-state index contributed by atoms with van der Waals surface area (Å²) in [4.78, 5) is 11.2. The van der Waals surface area contributed by atoms with Gasteiger partial charge in [-0.15, -0.1) is 0 Å². The minimum atomic E-state index is -1.09. The first-order valence-electron chi connectivity index (χ1n) is 10.3. The van der Waals surface area contributed by atoms with Gasteiger partial charge in [0.1, 0.15) is 0 Å². The zero-order valence-electron chi connectivity index (χ0n) is 19.2. The van der Waals surface area contributed by atoms with Gasteiger partial charge in [0.2, 0.25) is 0 Å². The molecule has 3 rings (SSSR count). The minimum Gasteiger partial charge on any atom is -0.493 e. The fourth-order valence-corrected chi connectivity index (χ4v) is 3.97. The summed E-state index contributed by atoms with van der Waals surface area (Å²) in [6.07, 6.45) is 0. The first-order chi connectivity index (χ1) is 15.8. The molecule has 9 heteroatoms. The van der Waals surface area contributed by atoms with E-state index in [1.165, 1.54) is 7.11 Å². The highest BCUT2D eigenvalue weighted by atomic mass is 79.9. The van der Waals surface area contributed by atoms with Gasteiger partial charge in [0.25, 0.3) is 0 Å². The maximum atomic E-state index is 11.2. The Kier molecular flexibility index (Phi) is 7.86. The lowest BCUT2D eigenvalue weighted by Gasteiger charge is -2.15. The molecule has 8 nitrogen and oxygen atoms in total. The molecule has 0 aliphatic carbocycles. The van der Waals surface area contributed by atoms with E-state index in [1.807, 2.05) is 35.0 Å². The maximum absolute atomic E-state index is 11.2. The molecule has 0 aliphatic heterocycles. The molecule has 1 heterocycles. The Morgan fingerprint density at radius 1 is 1.03 bits per heavy atom. The van der Waals surface area contributed by atoms with E-state index in [0.29, 0.717) is 46.7 Å². The smallest absolute Gasteiger partial charge is 0.341 e.